The number of urea groups is 1. The number of hydrogen-bond acceptors (Lipinski definition) is 3. The fraction of sp³-hybridized carbons (Fsp3) is 0.286. The highest BCUT2D eigenvalue weighted by molar-refractivity contribution is 7.07. The molecule has 136 valence electrons. The van der Waals surface area contributed by atoms with Gasteiger partial charge in [0.2, 0.25) is 0 Å². The second kappa shape index (κ2) is 7.79. The Morgan fingerprint density at radius 2 is 1.88 bits per heavy atom. The van der Waals surface area contributed by atoms with Gasteiger partial charge in [0.15, 0.2) is 0 Å². The van der Waals surface area contributed by atoms with Crippen molar-refractivity contribution in [3.63, 3.8) is 0 Å². The topological polar surface area (TPSA) is 45.5 Å². The van der Waals surface area contributed by atoms with Gasteiger partial charge in [0, 0.05) is 12.2 Å². The van der Waals surface area contributed by atoms with Crippen LogP contribution in [0.1, 0.15) is 37.7 Å². The van der Waals surface area contributed by atoms with Gasteiger partial charge in [0.05, 0.1) is 12.8 Å². The number of anilines is 1. The molecule has 2 aromatic heterocycles. The maximum atomic E-state index is 12.8. The minimum Gasteiger partial charge on any atom is -0.467 e. The van der Waals surface area contributed by atoms with Crippen LogP contribution in [0.25, 0.3) is 0 Å². The number of furan rings is 1. The average Bonchev–Trinajstić information content (AvgIpc) is 3.28. The number of benzene rings is 1. The molecule has 0 bridgehead atoms. The van der Waals surface area contributed by atoms with Crippen LogP contribution >= 0.6 is 11.3 Å². The monoisotopic (exact) mass is 368 g/mol. The number of hydrogen-bond donors (Lipinski definition) is 1. The quantitative estimate of drug-likeness (QED) is 0.612. The zero-order chi connectivity index (χ0) is 18.6. The van der Waals surface area contributed by atoms with Gasteiger partial charge in [0.1, 0.15) is 5.76 Å². The van der Waals surface area contributed by atoms with Gasteiger partial charge in [-0.05, 0) is 57.6 Å². The molecule has 4 nitrogen and oxygen atoms in total. The van der Waals surface area contributed by atoms with E-state index in [-0.39, 0.29) is 11.4 Å². The number of nitrogens with one attached hydrogen (secondary N) is 1. The van der Waals surface area contributed by atoms with E-state index in [4.69, 9.17) is 4.42 Å². The first-order valence-electron chi connectivity index (χ1n) is 8.62. The first-order valence-corrected chi connectivity index (χ1v) is 9.56. The minimum atomic E-state index is -0.142. The molecule has 0 spiro atoms. The lowest BCUT2D eigenvalue weighted by molar-refractivity contribution is 0.201. The summed E-state index contributed by atoms with van der Waals surface area (Å²) in [6.07, 6.45) is 1.63. The molecule has 0 aliphatic carbocycles. The highest BCUT2D eigenvalue weighted by Gasteiger charge is 2.17. The molecule has 1 aromatic carbocycles. The van der Waals surface area contributed by atoms with Gasteiger partial charge in [-0.15, -0.1) is 0 Å². The van der Waals surface area contributed by atoms with Crippen LogP contribution in [0, 0.1) is 0 Å². The molecular weight excluding hydrogens is 344 g/mol. The van der Waals surface area contributed by atoms with Crippen LogP contribution in [0.2, 0.25) is 0 Å². The molecule has 0 aliphatic rings. The predicted octanol–water partition coefficient (Wildman–Crippen LogP) is 5.87. The number of thiophene rings is 1. The number of amides is 2. The molecule has 5 heteroatoms. The van der Waals surface area contributed by atoms with Crippen molar-refractivity contribution in [1.29, 1.82) is 0 Å². The van der Waals surface area contributed by atoms with Crippen LogP contribution in [0.5, 0.6) is 0 Å². The Morgan fingerprint density at radius 1 is 1.12 bits per heavy atom. The maximum absolute atomic E-state index is 12.8. The Morgan fingerprint density at radius 3 is 2.46 bits per heavy atom. The molecule has 0 saturated carbocycles. The number of nitrogens with zero attached hydrogens (tertiary/aromatic N) is 1. The van der Waals surface area contributed by atoms with Crippen molar-refractivity contribution in [3.8, 4) is 0 Å². The van der Waals surface area contributed by atoms with Gasteiger partial charge in [-0.25, -0.2) is 4.79 Å². The highest BCUT2D eigenvalue weighted by Crippen LogP contribution is 2.24. The molecule has 2 amide bonds. The molecule has 0 unspecified atom stereocenters. The molecule has 0 fully saturated rings. The lowest BCUT2D eigenvalue weighted by Gasteiger charge is -2.23. The molecule has 0 aliphatic heterocycles. The van der Waals surface area contributed by atoms with Crippen molar-refractivity contribution in [2.75, 3.05) is 5.32 Å². The van der Waals surface area contributed by atoms with E-state index in [2.05, 4.69) is 43.6 Å². The zero-order valence-electron chi connectivity index (χ0n) is 15.4. The molecule has 0 atom stereocenters. The Labute approximate surface area is 158 Å². The van der Waals surface area contributed by atoms with E-state index in [1.54, 1.807) is 22.5 Å². The van der Waals surface area contributed by atoms with E-state index in [0.29, 0.717) is 13.1 Å². The van der Waals surface area contributed by atoms with Gasteiger partial charge >= 0.3 is 6.03 Å². The van der Waals surface area contributed by atoms with E-state index in [0.717, 1.165) is 17.0 Å². The predicted molar refractivity (Wildman–Crippen MR) is 106 cm³/mol. The molecular formula is C21H24N2O2S. The van der Waals surface area contributed by atoms with E-state index >= 15 is 0 Å². The second-order valence-corrected chi connectivity index (χ2v) is 8.10. The molecule has 3 rings (SSSR count). The first-order chi connectivity index (χ1) is 12.4. The summed E-state index contributed by atoms with van der Waals surface area (Å²) in [7, 11) is 0. The summed E-state index contributed by atoms with van der Waals surface area (Å²) in [5.41, 5.74) is 3.23. The van der Waals surface area contributed by atoms with E-state index in [9.17, 15) is 4.79 Å². The smallest absolute Gasteiger partial charge is 0.322 e. The summed E-state index contributed by atoms with van der Waals surface area (Å²) in [4.78, 5) is 14.6. The molecule has 2 heterocycles. The molecule has 3 aromatic rings. The normalized spacial score (nSPS) is 11.3. The van der Waals surface area contributed by atoms with Gasteiger partial charge in [-0.2, -0.15) is 11.3 Å². The van der Waals surface area contributed by atoms with Crippen molar-refractivity contribution in [1.82, 2.24) is 4.90 Å². The van der Waals surface area contributed by atoms with Crippen LogP contribution in [0.3, 0.4) is 0 Å². The summed E-state index contributed by atoms with van der Waals surface area (Å²) in [6.45, 7) is 7.48. The highest BCUT2D eigenvalue weighted by atomic mass is 32.1. The van der Waals surface area contributed by atoms with Crippen molar-refractivity contribution >= 4 is 23.1 Å². The number of carbonyl (C=O) groups excluding carboxylic acids is 1. The summed E-state index contributed by atoms with van der Waals surface area (Å²) < 4.78 is 5.42. The summed E-state index contributed by atoms with van der Waals surface area (Å²) in [6, 6.07) is 13.6. The lowest BCUT2D eigenvalue weighted by atomic mass is 9.87. The molecule has 26 heavy (non-hydrogen) atoms. The fourth-order valence-electron chi connectivity index (χ4n) is 2.65. The molecule has 0 radical (unpaired) electrons. The van der Waals surface area contributed by atoms with Crippen LogP contribution in [-0.2, 0) is 18.5 Å². The lowest BCUT2D eigenvalue weighted by Crippen LogP contribution is -2.33. The van der Waals surface area contributed by atoms with E-state index in [1.165, 1.54) is 5.56 Å². The minimum absolute atomic E-state index is 0.0901. The average molecular weight is 369 g/mol. The Hall–Kier alpha value is -2.53. The largest absolute Gasteiger partial charge is 0.467 e. The standard InChI is InChI=1S/C21H24N2O2S/c1-21(2,3)17-6-8-18(9-7-17)22-20(24)23(13-16-10-12-26-15-16)14-19-5-4-11-25-19/h4-12,15H,13-14H2,1-3H3,(H,22,24). The van der Waals surface area contributed by atoms with Crippen LogP contribution in [0.4, 0.5) is 10.5 Å². The number of carbonyl (C=O) groups is 1. The molecule has 1 N–H and O–H groups in total. The van der Waals surface area contributed by atoms with Gasteiger partial charge in [0.25, 0.3) is 0 Å². The first kappa shape index (κ1) is 18.3. The van der Waals surface area contributed by atoms with Crippen LogP contribution < -0.4 is 5.32 Å². The Balaban J connectivity index is 1.72. The van der Waals surface area contributed by atoms with Gasteiger partial charge in [-0.3, -0.25) is 0 Å². The summed E-state index contributed by atoms with van der Waals surface area (Å²) in [5, 5.41) is 7.07. The maximum Gasteiger partial charge on any atom is 0.322 e. The van der Waals surface area contributed by atoms with Crippen molar-refractivity contribution in [2.24, 2.45) is 0 Å². The third-order valence-electron chi connectivity index (χ3n) is 4.17. The number of rotatable bonds is 5. The van der Waals surface area contributed by atoms with Crippen LogP contribution in [0.15, 0.2) is 63.9 Å². The third kappa shape index (κ3) is 4.76. The third-order valence-corrected chi connectivity index (χ3v) is 4.90. The zero-order valence-corrected chi connectivity index (χ0v) is 16.2. The molecule has 0 saturated heterocycles. The van der Waals surface area contributed by atoms with E-state index in [1.807, 2.05) is 35.7 Å². The summed E-state index contributed by atoms with van der Waals surface area (Å²) in [5.74, 6) is 0.762. The van der Waals surface area contributed by atoms with Gasteiger partial charge in [-0.1, -0.05) is 32.9 Å². The second-order valence-electron chi connectivity index (χ2n) is 7.32. The van der Waals surface area contributed by atoms with Crippen molar-refractivity contribution in [2.45, 2.75) is 39.3 Å². The SMILES string of the molecule is CC(C)(C)c1ccc(NC(=O)N(Cc2ccsc2)Cc2ccco2)cc1. The van der Waals surface area contributed by atoms with Crippen molar-refractivity contribution in [3.05, 3.63) is 76.4 Å². The Bertz CT molecular complexity index is 780. The van der Waals surface area contributed by atoms with E-state index < -0.39 is 0 Å². The summed E-state index contributed by atoms with van der Waals surface area (Å²) >= 11 is 1.63. The Kier molecular flexibility index (Phi) is 5.47. The van der Waals surface area contributed by atoms with Crippen molar-refractivity contribution < 1.29 is 9.21 Å². The van der Waals surface area contributed by atoms with Gasteiger partial charge < -0.3 is 14.6 Å². The fourth-order valence-corrected chi connectivity index (χ4v) is 3.31. The van der Waals surface area contributed by atoms with Crippen LogP contribution in [-0.4, -0.2) is 10.9 Å².